The summed E-state index contributed by atoms with van der Waals surface area (Å²) in [4.78, 5) is 37.4. The molecule has 0 spiro atoms. The fraction of sp³-hybridized carbons (Fsp3) is 0.130. The van der Waals surface area contributed by atoms with Crippen LogP contribution in [0, 0.1) is 17.0 Å². The van der Waals surface area contributed by atoms with Gasteiger partial charge in [0.05, 0.1) is 10.5 Å². The van der Waals surface area contributed by atoms with E-state index in [-0.39, 0.29) is 22.7 Å². The number of nitro benzene ring substituents is 1. The number of Topliss-reactive ketones (excluding diaryl/α,β-unsaturated/α-hetero) is 1. The van der Waals surface area contributed by atoms with E-state index in [0.29, 0.717) is 5.76 Å². The predicted octanol–water partition coefficient (Wildman–Crippen LogP) is 5.02. The fourth-order valence-electron chi connectivity index (χ4n) is 3.72. The lowest BCUT2D eigenvalue weighted by atomic mass is 9.99. The van der Waals surface area contributed by atoms with E-state index >= 15 is 0 Å². The lowest BCUT2D eigenvalue weighted by Crippen LogP contribution is -2.29. The minimum absolute atomic E-state index is 0.0378. The molecule has 4 rings (SSSR count). The van der Waals surface area contributed by atoms with Gasteiger partial charge in [-0.2, -0.15) is 0 Å². The standard InChI is InChI=1S/C23H15F3N2O7/c1-12-8-9-17(34-12)19-18(20(29)13-4-2-6-15(10-13)28(32)33)21(30)22(31)27(19)14-5-3-7-16(11-14)35-23(24,25)26/h2-11,19,29H,1H3/b20-18-. The molecule has 1 N–H and O–H groups in total. The van der Waals surface area contributed by atoms with Gasteiger partial charge in [-0.05, 0) is 31.2 Å². The van der Waals surface area contributed by atoms with Gasteiger partial charge >= 0.3 is 6.36 Å². The van der Waals surface area contributed by atoms with E-state index in [1.165, 1.54) is 42.5 Å². The van der Waals surface area contributed by atoms with Gasteiger partial charge in [0, 0.05) is 29.4 Å². The van der Waals surface area contributed by atoms with Gasteiger partial charge in [0.1, 0.15) is 29.1 Å². The number of anilines is 1. The molecule has 1 unspecified atom stereocenters. The zero-order valence-electron chi connectivity index (χ0n) is 17.8. The summed E-state index contributed by atoms with van der Waals surface area (Å²) < 4.78 is 47.7. The molecule has 1 aliphatic rings. The van der Waals surface area contributed by atoms with Crippen LogP contribution in [0.15, 0.2) is 70.7 Å². The number of furan rings is 1. The number of hydrogen-bond acceptors (Lipinski definition) is 7. The molecule has 1 aromatic heterocycles. The zero-order chi connectivity index (χ0) is 25.5. The number of aryl methyl sites for hydroxylation is 1. The van der Waals surface area contributed by atoms with Gasteiger partial charge in [-0.1, -0.05) is 18.2 Å². The second-order valence-electron chi connectivity index (χ2n) is 7.47. The van der Waals surface area contributed by atoms with Crippen LogP contribution in [0.4, 0.5) is 24.5 Å². The number of aliphatic hydroxyl groups is 1. The average Bonchev–Trinajstić information content (AvgIpc) is 3.33. The Morgan fingerprint density at radius 1 is 1.11 bits per heavy atom. The fourth-order valence-corrected chi connectivity index (χ4v) is 3.72. The topological polar surface area (TPSA) is 123 Å². The van der Waals surface area contributed by atoms with Gasteiger partial charge in [0.2, 0.25) is 0 Å². The first-order valence-corrected chi connectivity index (χ1v) is 9.94. The number of amides is 1. The number of halogens is 3. The highest BCUT2D eigenvalue weighted by Crippen LogP contribution is 2.43. The third-order valence-electron chi connectivity index (χ3n) is 5.13. The number of carbonyl (C=O) groups is 2. The zero-order valence-corrected chi connectivity index (χ0v) is 17.8. The lowest BCUT2D eigenvalue weighted by molar-refractivity contribution is -0.384. The van der Waals surface area contributed by atoms with E-state index in [1.54, 1.807) is 6.92 Å². The average molecular weight is 488 g/mol. The summed E-state index contributed by atoms with van der Waals surface area (Å²) in [5, 5.41) is 22.1. The SMILES string of the molecule is Cc1ccc(C2/C(=C(/O)c3cccc([N+](=O)[O-])c3)C(=O)C(=O)N2c2cccc(OC(F)(F)F)c2)o1. The molecule has 180 valence electrons. The summed E-state index contributed by atoms with van der Waals surface area (Å²) in [6.07, 6.45) is -4.99. The molecule has 0 radical (unpaired) electrons. The number of aliphatic hydroxyl groups excluding tert-OH is 1. The summed E-state index contributed by atoms with van der Waals surface area (Å²) in [6.45, 7) is 1.59. The van der Waals surface area contributed by atoms with Crippen molar-refractivity contribution in [3.63, 3.8) is 0 Å². The second kappa shape index (κ2) is 8.63. The Morgan fingerprint density at radius 3 is 2.46 bits per heavy atom. The first-order chi connectivity index (χ1) is 16.5. The second-order valence-corrected chi connectivity index (χ2v) is 7.47. The Hall–Kier alpha value is -4.61. The highest BCUT2D eigenvalue weighted by Gasteiger charge is 2.48. The Balaban J connectivity index is 1.90. The van der Waals surface area contributed by atoms with Crippen LogP contribution in [0.3, 0.4) is 0 Å². The summed E-state index contributed by atoms with van der Waals surface area (Å²) in [5.41, 5.74) is -1.07. The monoisotopic (exact) mass is 488 g/mol. The molecule has 9 nitrogen and oxygen atoms in total. The maximum atomic E-state index is 13.0. The van der Waals surface area contributed by atoms with Gasteiger partial charge < -0.3 is 14.3 Å². The first-order valence-electron chi connectivity index (χ1n) is 9.94. The van der Waals surface area contributed by atoms with Crippen molar-refractivity contribution in [3.8, 4) is 5.75 Å². The maximum absolute atomic E-state index is 13.0. The summed E-state index contributed by atoms with van der Waals surface area (Å²) >= 11 is 0. The van der Waals surface area contributed by atoms with Gasteiger partial charge in [0.25, 0.3) is 17.4 Å². The van der Waals surface area contributed by atoms with E-state index in [0.717, 1.165) is 23.1 Å². The van der Waals surface area contributed by atoms with Crippen LogP contribution in [0.5, 0.6) is 5.75 Å². The van der Waals surface area contributed by atoms with E-state index in [2.05, 4.69) is 4.74 Å². The maximum Gasteiger partial charge on any atom is 0.573 e. The Kier molecular flexibility index (Phi) is 5.81. The third-order valence-corrected chi connectivity index (χ3v) is 5.13. The molecule has 35 heavy (non-hydrogen) atoms. The molecule has 12 heteroatoms. The molecule has 1 fully saturated rings. The molecule has 1 saturated heterocycles. The number of nitrogens with zero attached hydrogens (tertiary/aromatic N) is 2. The molecule has 1 amide bonds. The third kappa shape index (κ3) is 4.58. The highest BCUT2D eigenvalue weighted by atomic mass is 19.4. The molecule has 0 saturated carbocycles. The quantitative estimate of drug-likeness (QED) is 0.176. The van der Waals surface area contributed by atoms with Crippen molar-refractivity contribution in [3.05, 3.63) is 93.4 Å². The highest BCUT2D eigenvalue weighted by molar-refractivity contribution is 6.51. The Bertz CT molecular complexity index is 1380. The summed E-state index contributed by atoms with van der Waals surface area (Å²) in [6, 6.07) is 10.8. The summed E-state index contributed by atoms with van der Waals surface area (Å²) in [7, 11) is 0. The Morgan fingerprint density at radius 2 is 1.83 bits per heavy atom. The number of carbonyl (C=O) groups excluding carboxylic acids is 2. The van der Waals surface area contributed by atoms with Gasteiger partial charge in [-0.3, -0.25) is 24.6 Å². The Labute approximate surface area is 194 Å². The van der Waals surface area contributed by atoms with Crippen LogP contribution < -0.4 is 9.64 Å². The molecule has 2 aromatic carbocycles. The smallest absolute Gasteiger partial charge is 0.507 e. The van der Waals surface area contributed by atoms with E-state index in [4.69, 9.17) is 4.42 Å². The van der Waals surface area contributed by atoms with Crippen molar-refractivity contribution in [1.82, 2.24) is 0 Å². The number of ketones is 1. The van der Waals surface area contributed by atoms with Crippen molar-refractivity contribution in [1.29, 1.82) is 0 Å². The lowest BCUT2D eigenvalue weighted by Gasteiger charge is -2.24. The number of benzene rings is 2. The molecule has 0 bridgehead atoms. The molecule has 1 aliphatic heterocycles. The number of ether oxygens (including phenoxy) is 1. The minimum atomic E-state index is -4.99. The summed E-state index contributed by atoms with van der Waals surface area (Å²) in [5.74, 6) is -3.22. The van der Waals surface area contributed by atoms with Gasteiger partial charge in [-0.25, -0.2) is 0 Å². The number of non-ortho nitro benzene ring substituents is 1. The number of nitro groups is 1. The minimum Gasteiger partial charge on any atom is -0.507 e. The van der Waals surface area contributed by atoms with Crippen molar-refractivity contribution < 1.29 is 41.9 Å². The largest absolute Gasteiger partial charge is 0.573 e. The van der Waals surface area contributed by atoms with Crippen LogP contribution in [0.2, 0.25) is 0 Å². The van der Waals surface area contributed by atoms with Crippen LogP contribution in [0.1, 0.15) is 23.1 Å². The van der Waals surface area contributed by atoms with Gasteiger partial charge in [0.15, 0.2) is 0 Å². The van der Waals surface area contributed by atoms with Gasteiger partial charge in [-0.15, -0.1) is 13.2 Å². The normalized spacial score (nSPS) is 17.6. The molecular formula is C23H15F3N2O7. The molecular weight excluding hydrogens is 473 g/mol. The van der Waals surface area contributed by atoms with E-state index in [9.17, 15) is 38.0 Å². The molecule has 0 aliphatic carbocycles. The van der Waals surface area contributed by atoms with Crippen LogP contribution >= 0.6 is 0 Å². The van der Waals surface area contributed by atoms with Crippen LogP contribution in [-0.2, 0) is 9.59 Å². The van der Waals surface area contributed by atoms with Crippen molar-refractivity contribution in [2.75, 3.05) is 4.90 Å². The van der Waals surface area contributed by atoms with E-state index in [1.807, 2.05) is 0 Å². The van der Waals surface area contributed by atoms with E-state index < -0.39 is 46.1 Å². The first kappa shape index (κ1) is 23.5. The van der Waals surface area contributed by atoms with Crippen LogP contribution in [-0.4, -0.2) is 28.1 Å². The van der Waals surface area contributed by atoms with Crippen LogP contribution in [0.25, 0.3) is 5.76 Å². The number of alkyl halides is 3. The number of hydrogen-bond donors (Lipinski definition) is 1. The molecule has 3 aromatic rings. The predicted molar refractivity (Wildman–Crippen MR) is 114 cm³/mol. The van der Waals surface area contributed by atoms with Crippen molar-refractivity contribution >= 4 is 28.8 Å². The number of rotatable bonds is 5. The van der Waals surface area contributed by atoms with Crippen molar-refractivity contribution in [2.45, 2.75) is 19.3 Å². The van der Waals surface area contributed by atoms with Crippen molar-refractivity contribution in [2.24, 2.45) is 0 Å². The molecule has 1 atom stereocenters. The molecule has 2 heterocycles.